The van der Waals surface area contributed by atoms with Crippen LogP contribution >= 0.6 is 23.1 Å². The predicted molar refractivity (Wildman–Crippen MR) is 474 cm³/mol. The molecule has 3 aromatic carbocycles. The van der Waals surface area contributed by atoms with Crippen LogP contribution in [-0.2, 0) is 101 Å². The number of aromatic amines is 1. The Hall–Kier alpha value is -12.6. The van der Waals surface area contributed by atoms with Gasteiger partial charge in [0.15, 0.2) is 5.96 Å². The van der Waals surface area contributed by atoms with E-state index in [0.29, 0.717) is 45.8 Å². The molecule has 1 unspecified atom stereocenters. The number of likely N-dealkylation sites (N-methyl/N-ethyl adjacent to an activating group) is 3. The molecule has 702 valence electrons. The zero-order chi connectivity index (χ0) is 94.8. The van der Waals surface area contributed by atoms with Crippen LogP contribution in [0.25, 0.3) is 21.0 Å². The zero-order valence-corrected chi connectivity index (χ0v) is 74.8. The minimum Gasteiger partial charge on any atom is -0.508 e. The number of rotatable bonds is 22. The van der Waals surface area contributed by atoms with Crippen molar-refractivity contribution in [3.05, 3.63) is 101 Å². The molecule has 8 rings (SSSR count). The maximum absolute atomic E-state index is 15.6. The number of aromatic nitrogens is 1. The number of carbonyl (C=O) groups is 17. The van der Waals surface area contributed by atoms with Gasteiger partial charge < -0.3 is 126 Å². The third-order valence-electron chi connectivity index (χ3n) is 22.8. The van der Waals surface area contributed by atoms with E-state index < -0.39 is 248 Å². The van der Waals surface area contributed by atoms with E-state index in [1.54, 1.807) is 67.9 Å². The van der Waals surface area contributed by atoms with Crippen LogP contribution in [0, 0.1) is 11.3 Å². The van der Waals surface area contributed by atoms with Crippen LogP contribution in [0.5, 0.6) is 5.75 Å². The molecule has 44 heteroatoms. The Morgan fingerprint density at radius 1 is 0.566 bits per heavy atom. The number of thioether (sulfide) groups is 1. The van der Waals surface area contributed by atoms with Gasteiger partial charge in [-0.25, -0.2) is 0 Å². The standard InChI is InChI=1S/C85H119N21O21S2/c1-9-10-21-65-84(127)103(7)46(5)71(114)94-55(20-15-28-90-85(88)89)74(117)101-63(73(116)92-37-69(87)112)42-128-43-70(113)93-58(31-47-24-26-50(109)27-25-47)80(123)102(6)45(4)72(115)96-60(35-68(86)111)82(125)105-29-16-22-64(105)78(121)100-62(40-108)77(120)97-57(30-44(2)3)83(126)106-38-51(110)34-66(106)79(122)95-56(32-48-36-91-54-19-13-11-17-52(48)54)75(118)99-61(39-107)76(119)98-59(81(124)104(65)8)33-49-41-129-67-23-14-12-18-53(49)67/h11-14,17-19,23-27,36,41,44-46,51,55-66,91,107-110H,9-10,15-16,20-22,28-35,37-40,42-43H2,1-8H3,(H2,86,111)(H2,87,112)(H,92,116)(H,93,113)(H,94,114)(H,95,122)(H,96,115)(H,97,120)(H,98,119)(H,99,118)(H,100,121)(H,101,117)(H4,88,89,90)/t45-,46-,51+,55-,56-,57-,58-,59-,60-,61-,62-,63?,64-,65-,66-/m0/s1. The number of nitrogens with one attached hydrogen (secondary N) is 13. The van der Waals surface area contributed by atoms with Gasteiger partial charge in [-0.3, -0.25) is 86.9 Å². The maximum atomic E-state index is 15.6. The Morgan fingerprint density at radius 2 is 1.12 bits per heavy atom. The van der Waals surface area contributed by atoms with E-state index >= 15 is 28.8 Å². The van der Waals surface area contributed by atoms with E-state index in [2.05, 4.69) is 63.5 Å². The number of unbranched alkanes of at least 4 members (excludes halogenated alkanes) is 1. The molecule has 0 spiro atoms. The summed E-state index contributed by atoms with van der Waals surface area (Å²) in [5.74, 6) is -18.7. The second-order valence-corrected chi connectivity index (χ2v) is 34.7. The molecule has 3 saturated heterocycles. The molecule has 2 aromatic heterocycles. The van der Waals surface area contributed by atoms with E-state index in [-0.39, 0.29) is 82.5 Å². The van der Waals surface area contributed by atoms with Gasteiger partial charge in [-0.05, 0) is 110 Å². The average Bonchev–Trinajstić information content (AvgIpc) is 1.72. The Balaban J connectivity index is 1.17. The highest BCUT2D eigenvalue weighted by atomic mass is 32.2. The van der Waals surface area contributed by atoms with E-state index in [0.717, 1.165) is 41.0 Å². The summed E-state index contributed by atoms with van der Waals surface area (Å²) in [6.45, 7) is 4.25. The van der Waals surface area contributed by atoms with Gasteiger partial charge >= 0.3 is 0 Å². The normalized spacial score (nSPS) is 25.4. The highest BCUT2D eigenvalue weighted by Gasteiger charge is 2.46. The van der Waals surface area contributed by atoms with Gasteiger partial charge in [0, 0.05) is 94.0 Å². The highest BCUT2D eigenvalue weighted by Crippen LogP contribution is 2.30. The number of aliphatic hydroxyl groups is 3. The summed E-state index contributed by atoms with van der Waals surface area (Å²) in [6, 6.07) is -2.67. The molecule has 3 aliphatic rings. The molecular formula is C85H119N21O21S2. The minimum atomic E-state index is -1.89. The van der Waals surface area contributed by atoms with Gasteiger partial charge in [0.1, 0.15) is 90.3 Å². The van der Waals surface area contributed by atoms with Crippen molar-refractivity contribution in [1.82, 2.24) is 88.0 Å². The monoisotopic (exact) mass is 1830 g/mol. The molecule has 5 heterocycles. The number of phenols is 1. The lowest BCUT2D eigenvalue weighted by Gasteiger charge is -2.35. The van der Waals surface area contributed by atoms with Crippen LogP contribution in [0.1, 0.15) is 116 Å². The number of carbonyl (C=O) groups excluding carboxylic acids is 17. The van der Waals surface area contributed by atoms with E-state index in [4.69, 9.17) is 22.6 Å². The van der Waals surface area contributed by atoms with Crippen LogP contribution in [0.2, 0.25) is 0 Å². The van der Waals surface area contributed by atoms with Crippen molar-refractivity contribution in [1.29, 1.82) is 5.41 Å². The molecule has 0 bridgehead atoms. The Labute approximate surface area is 752 Å². The summed E-state index contributed by atoms with van der Waals surface area (Å²) in [4.78, 5) is 254. The summed E-state index contributed by atoms with van der Waals surface area (Å²) in [5.41, 5.74) is 18.7. The lowest BCUT2D eigenvalue weighted by molar-refractivity contribution is -0.149. The first-order chi connectivity index (χ1) is 61.2. The number of aromatic hydroxyl groups is 1. The lowest BCUT2D eigenvalue weighted by Crippen LogP contribution is -2.61. The van der Waals surface area contributed by atoms with Crippen LogP contribution in [0.4, 0.5) is 0 Å². The first-order valence-electron chi connectivity index (χ1n) is 42.6. The molecule has 3 fully saturated rings. The van der Waals surface area contributed by atoms with Crippen molar-refractivity contribution in [3.8, 4) is 5.75 Å². The summed E-state index contributed by atoms with van der Waals surface area (Å²) < 4.78 is 0.803. The number of thiophene rings is 1. The van der Waals surface area contributed by atoms with E-state index in [1.165, 1.54) is 70.6 Å². The Bertz CT molecular complexity index is 4900. The number of hydrogen-bond donors (Lipinski definition) is 20. The number of amides is 17. The second-order valence-electron chi connectivity index (χ2n) is 32.8. The number of phenolic OH excluding ortho intramolecular Hbond substituents is 1. The maximum Gasteiger partial charge on any atom is 0.246 e. The van der Waals surface area contributed by atoms with Gasteiger partial charge in [0.2, 0.25) is 100 Å². The summed E-state index contributed by atoms with van der Waals surface area (Å²) in [5, 5.41) is 82.4. The second kappa shape index (κ2) is 48.0. The molecule has 0 radical (unpaired) electrons. The van der Waals surface area contributed by atoms with Crippen molar-refractivity contribution in [3.63, 3.8) is 0 Å². The van der Waals surface area contributed by atoms with Crippen LogP contribution in [0.15, 0.2) is 84.4 Å². The van der Waals surface area contributed by atoms with Crippen molar-refractivity contribution >= 4 is 150 Å². The van der Waals surface area contributed by atoms with Gasteiger partial charge in [0.05, 0.1) is 38.0 Å². The minimum absolute atomic E-state index is 0.0153. The summed E-state index contributed by atoms with van der Waals surface area (Å²) in [7, 11) is 3.79. The number of guanidine groups is 1. The highest BCUT2D eigenvalue weighted by molar-refractivity contribution is 8.00. The quantitative estimate of drug-likeness (QED) is 0.0177. The molecule has 0 aliphatic carbocycles. The number of nitrogens with zero attached hydrogens (tertiary/aromatic N) is 5. The van der Waals surface area contributed by atoms with Crippen LogP contribution in [0.3, 0.4) is 0 Å². The van der Waals surface area contributed by atoms with Crippen molar-refractivity contribution in [2.75, 3.05) is 72.0 Å². The Morgan fingerprint density at radius 3 is 1.75 bits per heavy atom. The number of hydrogen-bond acceptors (Lipinski definition) is 24. The molecule has 0 saturated carbocycles. The molecular weight excluding hydrogens is 1720 g/mol. The zero-order valence-electron chi connectivity index (χ0n) is 73.2. The topological polar surface area (TPSA) is 637 Å². The number of fused-ring (bicyclic) bond motifs is 4. The largest absolute Gasteiger partial charge is 0.508 e. The molecule has 5 aromatic rings. The first kappa shape index (κ1) is 102. The summed E-state index contributed by atoms with van der Waals surface area (Å²) >= 11 is 2.08. The smallest absolute Gasteiger partial charge is 0.246 e. The molecule has 15 atom stereocenters. The van der Waals surface area contributed by atoms with Crippen molar-refractivity contribution in [2.24, 2.45) is 23.1 Å². The summed E-state index contributed by atoms with van der Waals surface area (Å²) in [6.07, 6.45) is -1.31. The molecule has 23 N–H and O–H groups in total. The third-order valence-corrected chi connectivity index (χ3v) is 24.8. The number of H-pyrrole nitrogens is 1. The van der Waals surface area contributed by atoms with Gasteiger partial charge in [-0.15, -0.1) is 23.1 Å². The van der Waals surface area contributed by atoms with E-state index in [9.17, 15) is 73.2 Å². The number of primary amides is 2. The van der Waals surface area contributed by atoms with E-state index in [1.807, 2.05) is 13.0 Å². The molecule has 3 aliphatic heterocycles. The fourth-order valence-electron chi connectivity index (χ4n) is 15.4. The average molecular weight is 1840 g/mol. The van der Waals surface area contributed by atoms with Crippen molar-refractivity contribution in [2.45, 2.75) is 209 Å². The molecule has 42 nitrogen and oxygen atoms in total. The van der Waals surface area contributed by atoms with Gasteiger partial charge in [-0.1, -0.05) is 82.1 Å². The lowest BCUT2D eigenvalue weighted by atomic mass is 10.0. The molecule has 129 heavy (non-hydrogen) atoms. The molecule has 17 amide bonds. The van der Waals surface area contributed by atoms with Gasteiger partial charge in [0.25, 0.3) is 0 Å². The van der Waals surface area contributed by atoms with Crippen molar-refractivity contribution < 1.29 is 102 Å². The van der Waals surface area contributed by atoms with Crippen LogP contribution in [-0.4, -0.2) is 319 Å². The predicted octanol–water partition coefficient (Wildman–Crippen LogP) is -4.34. The Kier molecular flexibility index (Phi) is 37.9. The first-order valence-corrected chi connectivity index (χ1v) is 44.6. The number of nitrogens with two attached hydrogens (primary N) is 3. The fourth-order valence-corrected chi connectivity index (χ4v) is 17.2. The number of para-hydroxylation sites is 1. The third kappa shape index (κ3) is 28.2. The number of aliphatic hydroxyl groups excluding tert-OH is 3. The number of benzene rings is 3. The fraction of sp³-hybridized carbons (Fsp3) is 0.529. The van der Waals surface area contributed by atoms with Crippen LogP contribution < -0.4 is 75.7 Å². The SMILES string of the molecule is CCCC[C@H]1C(=O)N(C)[C@@H](C)C(=O)N[C@@H](CCCNC(=N)N)C(=O)NC(C(=O)NCC(N)=O)CSCC(=O)N[C@@H](Cc2ccc(O)cc2)C(=O)N(C)[C@@H](C)C(=O)N[C@@H](CC(N)=O)C(=O)N2CCC[C@H]2C(=O)N[C@@H](CO)C(=O)N[C@@H](CC(C)C)C(=O)N2C[C@H](O)C[C@H]2C(=O)N[C@@H](Cc2c[nH]c3ccccc23)C(=O)N[C@@H](CO)C(=O)N[C@@H](Cc2csc3ccccc23)C(=O)N1C. The van der Waals surface area contributed by atoms with Gasteiger partial charge in [-0.2, -0.15) is 0 Å².